The van der Waals surface area contributed by atoms with Crippen molar-refractivity contribution in [1.82, 2.24) is 0 Å². The second kappa shape index (κ2) is 4.61. The first kappa shape index (κ1) is 15.1. The first-order valence-electron chi connectivity index (χ1n) is 7.39. The molecule has 1 aromatic carbocycles. The van der Waals surface area contributed by atoms with Crippen LogP contribution in [0.3, 0.4) is 0 Å². The maximum atomic E-state index is 11.8. The van der Waals surface area contributed by atoms with Gasteiger partial charge in [0.1, 0.15) is 5.75 Å². The number of hydrogen-bond donors (Lipinski definition) is 0. The number of esters is 1. The Morgan fingerprint density at radius 3 is 2.15 bits per heavy atom. The third-order valence-corrected chi connectivity index (χ3v) is 4.01. The predicted molar refractivity (Wildman–Crippen MR) is 82.5 cm³/mol. The van der Waals surface area contributed by atoms with Crippen LogP contribution in [0.1, 0.15) is 77.5 Å². The molecule has 0 aliphatic carbocycles. The minimum absolute atomic E-state index is 0.0390. The fourth-order valence-electron chi connectivity index (χ4n) is 2.64. The van der Waals surface area contributed by atoms with Gasteiger partial charge in [0.25, 0.3) is 0 Å². The van der Waals surface area contributed by atoms with Crippen molar-refractivity contribution in [2.45, 2.75) is 71.6 Å². The Kier molecular flexibility index (Phi) is 3.48. The largest absolute Gasteiger partial charge is 0.426 e. The highest BCUT2D eigenvalue weighted by Crippen LogP contribution is 2.44. The fourth-order valence-corrected chi connectivity index (χ4v) is 2.64. The van der Waals surface area contributed by atoms with Crippen LogP contribution in [0.15, 0.2) is 12.1 Å². The van der Waals surface area contributed by atoms with Crippen molar-refractivity contribution in [1.29, 1.82) is 0 Å². The number of rotatable bonds is 0. The molecule has 1 atom stereocenters. The van der Waals surface area contributed by atoms with Crippen LogP contribution in [-0.2, 0) is 15.6 Å². The van der Waals surface area contributed by atoms with Crippen molar-refractivity contribution in [2.75, 3.05) is 0 Å². The molecule has 0 aromatic heterocycles. The maximum absolute atomic E-state index is 11.8. The summed E-state index contributed by atoms with van der Waals surface area (Å²) >= 11 is 0. The molecule has 0 bridgehead atoms. The van der Waals surface area contributed by atoms with Gasteiger partial charge in [0, 0.05) is 5.56 Å². The number of carbonyl (C=O) groups is 1. The van der Waals surface area contributed by atoms with E-state index in [1.807, 2.05) is 0 Å². The number of ether oxygens (including phenoxy) is 1. The van der Waals surface area contributed by atoms with Crippen LogP contribution >= 0.6 is 0 Å². The third-order valence-electron chi connectivity index (χ3n) is 4.01. The molecule has 0 saturated heterocycles. The summed E-state index contributed by atoms with van der Waals surface area (Å²) in [5.41, 5.74) is 3.69. The minimum atomic E-state index is -0.112. The molecule has 2 rings (SSSR count). The first-order valence-corrected chi connectivity index (χ1v) is 7.39. The lowest BCUT2D eigenvalue weighted by molar-refractivity contribution is -0.135. The quantitative estimate of drug-likeness (QED) is 0.506. The van der Waals surface area contributed by atoms with Gasteiger partial charge in [-0.3, -0.25) is 4.79 Å². The van der Waals surface area contributed by atoms with Gasteiger partial charge in [-0.25, -0.2) is 0 Å². The molecule has 0 radical (unpaired) electrons. The second-order valence-electron chi connectivity index (χ2n) is 8.02. The summed E-state index contributed by atoms with van der Waals surface area (Å²) in [5.74, 6) is 0.919. The lowest BCUT2D eigenvalue weighted by Gasteiger charge is -2.32. The molecule has 20 heavy (non-hydrogen) atoms. The van der Waals surface area contributed by atoms with Gasteiger partial charge in [0.05, 0.1) is 6.42 Å². The van der Waals surface area contributed by atoms with Crippen molar-refractivity contribution >= 4 is 5.97 Å². The van der Waals surface area contributed by atoms with Gasteiger partial charge in [0.2, 0.25) is 0 Å². The Bertz CT molecular complexity index is 542. The second-order valence-corrected chi connectivity index (χ2v) is 8.02. The highest BCUT2D eigenvalue weighted by Gasteiger charge is 2.32. The summed E-state index contributed by atoms with van der Waals surface area (Å²) < 4.78 is 5.59. The Balaban J connectivity index is 2.72. The van der Waals surface area contributed by atoms with Gasteiger partial charge >= 0.3 is 5.97 Å². The first-order chi connectivity index (χ1) is 9.00. The molecule has 2 nitrogen and oxygen atoms in total. The Labute approximate surface area is 122 Å². The summed E-state index contributed by atoms with van der Waals surface area (Å²) in [5, 5.41) is 0. The molecule has 1 heterocycles. The van der Waals surface area contributed by atoms with Gasteiger partial charge in [-0.2, -0.15) is 0 Å². The van der Waals surface area contributed by atoms with E-state index in [1.165, 1.54) is 11.1 Å². The van der Waals surface area contributed by atoms with E-state index in [4.69, 9.17) is 4.74 Å². The zero-order valence-electron chi connectivity index (χ0n) is 13.8. The van der Waals surface area contributed by atoms with Crippen LogP contribution in [0.2, 0.25) is 0 Å². The van der Waals surface area contributed by atoms with Crippen molar-refractivity contribution in [3.05, 3.63) is 28.8 Å². The molecule has 1 aliphatic heterocycles. The Morgan fingerprint density at radius 2 is 1.65 bits per heavy atom. The fraction of sp³-hybridized carbons (Fsp3) is 0.611. The standard InChI is InChI=1S/C18H26O2/c1-11-8-15(19)20-16-13(11)9-12(17(2,3)4)10-14(16)18(5,6)7/h9-11H,8H2,1-7H3. The highest BCUT2D eigenvalue weighted by atomic mass is 16.5. The zero-order valence-corrected chi connectivity index (χ0v) is 13.8. The van der Waals surface area contributed by atoms with E-state index < -0.39 is 0 Å². The number of benzene rings is 1. The van der Waals surface area contributed by atoms with E-state index in [-0.39, 0.29) is 22.7 Å². The molecule has 0 fully saturated rings. The average molecular weight is 274 g/mol. The Morgan fingerprint density at radius 1 is 1.05 bits per heavy atom. The van der Waals surface area contributed by atoms with E-state index in [1.54, 1.807) is 0 Å². The van der Waals surface area contributed by atoms with E-state index in [9.17, 15) is 4.79 Å². The molecule has 1 aromatic rings. The summed E-state index contributed by atoms with van der Waals surface area (Å²) in [4.78, 5) is 11.8. The van der Waals surface area contributed by atoms with Gasteiger partial charge < -0.3 is 4.74 Å². The van der Waals surface area contributed by atoms with Gasteiger partial charge in [0.15, 0.2) is 0 Å². The summed E-state index contributed by atoms with van der Waals surface area (Å²) in [6.45, 7) is 15.3. The topological polar surface area (TPSA) is 26.3 Å². The summed E-state index contributed by atoms with van der Waals surface area (Å²) in [6, 6.07) is 4.44. The van der Waals surface area contributed by atoms with Gasteiger partial charge in [-0.1, -0.05) is 60.6 Å². The van der Waals surface area contributed by atoms with Crippen LogP contribution in [-0.4, -0.2) is 5.97 Å². The third kappa shape index (κ3) is 2.74. The lowest BCUT2D eigenvalue weighted by Crippen LogP contribution is -2.25. The van der Waals surface area contributed by atoms with Crippen molar-refractivity contribution in [2.24, 2.45) is 0 Å². The zero-order chi connectivity index (χ0) is 15.3. The van der Waals surface area contributed by atoms with Crippen LogP contribution in [0.4, 0.5) is 0 Å². The van der Waals surface area contributed by atoms with E-state index in [0.29, 0.717) is 6.42 Å². The van der Waals surface area contributed by atoms with E-state index in [2.05, 4.69) is 60.6 Å². The molecular formula is C18H26O2. The number of hydrogen-bond acceptors (Lipinski definition) is 2. The van der Waals surface area contributed by atoms with E-state index >= 15 is 0 Å². The van der Waals surface area contributed by atoms with Crippen LogP contribution in [0.25, 0.3) is 0 Å². The normalized spacial score (nSPS) is 19.6. The number of carbonyl (C=O) groups excluding carboxylic acids is 1. The summed E-state index contributed by atoms with van der Waals surface area (Å²) in [6.07, 6.45) is 0.476. The summed E-state index contributed by atoms with van der Waals surface area (Å²) in [7, 11) is 0. The average Bonchev–Trinajstić information content (AvgIpc) is 2.24. The number of fused-ring (bicyclic) bond motifs is 1. The maximum Gasteiger partial charge on any atom is 0.311 e. The molecule has 1 aliphatic rings. The van der Waals surface area contributed by atoms with Crippen molar-refractivity contribution in [3.8, 4) is 5.75 Å². The van der Waals surface area contributed by atoms with Gasteiger partial charge in [-0.15, -0.1) is 0 Å². The highest BCUT2D eigenvalue weighted by molar-refractivity contribution is 5.77. The van der Waals surface area contributed by atoms with Crippen molar-refractivity contribution in [3.63, 3.8) is 0 Å². The SMILES string of the molecule is CC1CC(=O)Oc2c1cc(C(C)(C)C)cc2C(C)(C)C. The monoisotopic (exact) mass is 274 g/mol. The van der Waals surface area contributed by atoms with Crippen molar-refractivity contribution < 1.29 is 9.53 Å². The van der Waals surface area contributed by atoms with Crippen LogP contribution in [0.5, 0.6) is 5.75 Å². The molecule has 0 N–H and O–H groups in total. The minimum Gasteiger partial charge on any atom is -0.426 e. The Hall–Kier alpha value is -1.31. The smallest absolute Gasteiger partial charge is 0.311 e. The molecule has 0 amide bonds. The lowest BCUT2D eigenvalue weighted by atomic mass is 9.76. The van der Waals surface area contributed by atoms with Gasteiger partial charge in [-0.05, 0) is 27.9 Å². The molecule has 110 valence electrons. The van der Waals surface area contributed by atoms with Crippen LogP contribution < -0.4 is 4.74 Å². The molecule has 2 heteroatoms. The molecule has 1 unspecified atom stereocenters. The molecule has 0 saturated carbocycles. The molecule has 0 spiro atoms. The molecular weight excluding hydrogens is 248 g/mol. The van der Waals surface area contributed by atoms with Crippen LogP contribution in [0, 0.1) is 0 Å². The van der Waals surface area contributed by atoms with E-state index in [0.717, 1.165) is 11.3 Å². The predicted octanol–water partition coefficient (Wildman–Crippen LogP) is 4.69.